The third kappa shape index (κ3) is 3.94. The summed E-state index contributed by atoms with van der Waals surface area (Å²) in [5.74, 6) is 1.52. The molecule has 0 amide bonds. The third-order valence-corrected chi connectivity index (χ3v) is 4.57. The van der Waals surface area contributed by atoms with Gasteiger partial charge < -0.3 is 15.0 Å². The van der Waals surface area contributed by atoms with Crippen molar-refractivity contribution in [1.82, 2.24) is 10.2 Å². The second-order valence-corrected chi connectivity index (χ2v) is 6.33. The van der Waals surface area contributed by atoms with E-state index < -0.39 is 0 Å². The maximum Gasteiger partial charge on any atom is 0.0612 e. The summed E-state index contributed by atoms with van der Waals surface area (Å²) < 4.78 is 5.83. The Kier molecular flexibility index (Phi) is 5.46. The summed E-state index contributed by atoms with van der Waals surface area (Å²) in [5, 5.41) is 3.79. The molecule has 3 unspecified atom stereocenters. The predicted octanol–water partition coefficient (Wildman–Crippen LogP) is 2.12. The quantitative estimate of drug-likeness (QED) is 0.813. The molecule has 2 heterocycles. The molecular weight excluding hydrogens is 224 g/mol. The Balaban J connectivity index is 1.67. The van der Waals surface area contributed by atoms with Crippen LogP contribution in [-0.4, -0.2) is 49.8 Å². The molecule has 0 radical (unpaired) electrons. The first kappa shape index (κ1) is 14.3. The zero-order valence-corrected chi connectivity index (χ0v) is 12.3. The van der Waals surface area contributed by atoms with Gasteiger partial charge in [0, 0.05) is 19.2 Å². The van der Waals surface area contributed by atoms with E-state index in [1.807, 2.05) is 0 Å². The average molecular weight is 254 g/mol. The van der Waals surface area contributed by atoms with Crippen molar-refractivity contribution in [2.75, 3.05) is 32.8 Å². The molecule has 3 atom stereocenters. The van der Waals surface area contributed by atoms with Crippen LogP contribution in [0.4, 0.5) is 0 Å². The fraction of sp³-hybridized carbons (Fsp3) is 1.00. The highest BCUT2D eigenvalue weighted by molar-refractivity contribution is 4.82. The lowest BCUT2D eigenvalue weighted by Gasteiger charge is -2.33. The maximum absolute atomic E-state index is 5.83. The van der Waals surface area contributed by atoms with Crippen LogP contribution in [-0.2, 0) is 4.74 Å². The zero-order chi connectivity index (χ0) is 13.0. The number of likely N-dealkylation sites (tertiary alicyclic amines) is 1. The summed E-state index contributed by atoms with van der Waals surface area (Å²) in [6.07, 6.45) is 4.22. The Morgan fingerprint density at radius 1 is 1.33 bits per heavy atom. The molecule has 0 aliphatic carbocycles. The van der Waals surface area contributed by atoms with E-state index in [0.29, 0.717) is 18.1 Å². The molecule has 2 rings (SSSR count). The van der Waals surface area contributed by atoms with E-state index >= 15 is 0 Å². The first-order chi connectivity index (χ1) is 8.69. The highest BCUT2D eigenvalue weighted by atomic mass is 16.5. The summed E-state index contributed by atoms with van der Waals surface area (Å²) in [7, 11) is 0. The molecule has 18 heavy (non-hydrogen) atoms. The molecule has 106 valence electrons. The van der Waals surface area contributed by atoms with Crippen molar-refractivity contribution < 1.29 is 4.74 Å². The number of rotatable bonds is 5. The first-order valence-corrected chi connectivity index (χ1v) is 7.76. The minimum Gasteiger partial charge on any atom is -0.378 e. The molecular formula is C15H30N2O. The van der Waals surface area contributed by atoms with Gasteiger partial charge in [-0.1, -0.05) is 20.8 Å². The Bertz CT molecular complexity index is 245. The minimum absolute atomic E-state index is 0.465. The summed E-state index contributed by atoms with van der Waals surface area (Å²) in [6, 6.07) is 0.682. The molecule has 0 bridgehead atoms. The van der Waals surface area contributed by atoms with Gasteiger partial charge in [0.2, 0.25) is 0 Å². The van der Waals surface area contributed by atoms with Gasteiger partial charge in [0.25, 0.3) is 0 Å². The number of hydrogen-bond donors (Lipinski definition) is 1. The van der Waals surface area contributed by atoms with Crippen molar-refractivity contribution >= 4 is 0 Å². The van der Waals surface area contributed by atoms with E-state index in [0.717, 1.165) is 12.5 Å². The van der Waals surface area contributed by atoms with Gasteiger partial charge in [0.15, 0.2) is 0 Å². The van der Waals surface area contributed by atoms with E-state index in [-0.39, 0.29) is 0 Å². The van der Waals surface area contributed by atoms with E-state index in [9.17, 15) is 0 Å². The van der Waals surface area contributed by atoms with Crippen molar-refractivity contribution in [1.29, 1.82) is 0 Å². The van der Waals surface area contributed by atoms with Crippen LogP contribution in [0, 0.1) is 11.8 Å². The Labute approximate surface area is 112 Å². The normalized spacial score (nSPS) is 34.3. The van der Waals surface area contributed by atoms with Gasteiger partial charge in [0.1, 0.15) is 0 Å². The Morgan fingerprint density at radius 3 is 2.83 bits per heavy atom. The summed E-state index contributed by atoms with van der Waals surface area (Å²) in [6.45, 7) is 12.7. The molecule has 3 nitrogen and oxygen atoms in total. The van der Waals surface area contributed by atoms with E-state index in [1.165, 1.54) is 45.4 Å². The largest absolute Gasteiger partial charge is 0.378 e. The number of nitrogens with one attached hydrogen (secondary N) is 1. The highest BCUT2D eigenvalue weighted by Crippen LogP contribution is 2.21. The Hall–Kier alpha value is -0.120. The van der Waals surface area contributed by atoms with Gasteiger partial charge in [-0.3, -0.25) is 0 Å². The smallest absolute Gasteiger partial charge is 0.0612 e. The standard InChI is InChI=1S/C15H30N2O/c1-4-17-7-5-13(11-17)10-16-14-6-8-18-15(9-14)12(2)3/h12-16H,4-11H2,1-3H3. The average Bonchev–Trinajstić information content (AvgIpc) is 2.84. The molecule has 0 spiro atoms. The topological polar surface area (TPSA) is 24.5 Å². The molecule has 0 aromatic rings. The zero-order valence-electron chi connectivity index (χ0n) is 12.3. The van der Waals surface area contributed by atoms with Crippen LogP contribution in [0.1, 0.15) is 40.0 Å². The molecule has 3 heteroatoms. The minimum atomic E-state index is 0.465. The summed E-state index contributed by atoms with van der Waals surface area (Å²) in [4.78, 5) is 2.56. The summed E-state index contributed by atoms with van der Waals surface area (Å²) >= 11 is 0. The molecule has 2 fully saturated rings. The molecule has 0 saturated carbocycles. The fourth-order valence-corrected chi connectivity index (χ4v) is 3.18. The van der Waals surface area contributed by atoms with Crippen molar-refractivity contribution in [3.8, 4) is 0 Å². The van der Waals surface area contributed by atoms with E-state index in [1.54, 1.807) is 0 Å². The molecule has 0 aromatic carbocycles. The predicted molar refractivity (Wildman–Crippen MR) is 75.8 cm³/mol. The van der Waals surface area contributed by atoms with Gasteiger partial charge in [0.05, 0.1) is 6.10 Å². The second-order valence-electron chi connectivity index (χ2n) is 6.33. The van der Waals surface area contributed by atoms with Gasteiger partial charge in [-0.05, 0) is 50.7 Å². The van der Waals surface area contributed by atoms with Crippen molar-refractivity contribution in [2.45, 2.75) is 52.2 Å². The molecule has 2 aliphatic heterocycles. The van der Waals surface area contributed by atoms with Crippen molar-refractivity contribution in [2.24, 2.45) is 11.8 Å². The Morgan fingerprint density at radius 2 is 2.17 bits per heavy atom. The van der Waals surface area contributed by atoms with Crippen LogP contribution in [0.25, 0.3) is 0 Å². The van der Waals surface area contributed by atoms with Gasteiger partial charge >= 0.3 is 0 Å². The number of ether oxygens (including phenoxy) is 1. The molecule has 2 saturated heterocycles. The third-order valence-electron chi connectivity index (χ3n) is 4.57. The first-order valence-electron chi connectivity index (χ1n) is 7.76. The summed E-state index contributed by atoms with van der Waals surface area (Å²) in [5.41, 5.74) is 0. The number of nitrogens with zero attached hydrogens (tertiary/aromatic N) is 1. The van der Waals surface area contributed by atoms with Crippen molar-refractivity contribution in [3.63, 3.8) is 0 Å². The van der Waals surface area contributed by atoms with Crippen LogP contribution in [0.5, 0.6) is 0 Å². The van der Waals surface area contributed by atoms with Crippen LogP contribution >= 0.6 is 0 Å². The van der Waals surface area contributed by atoms with Gasteiger partial charge in [-0.25, -0.2) is 0 Å². The van der Waals surface area contributed by atoms with Crippen LogP contribution in [0.3, 0.4) is 0 Å². The SMILES string of the molecule is CCN1CCC(CNC2CCOC(C(C)C)C2)C1. The van der Waals surface area contributed by atoms with E-state index in [4.69, 9.17) is 4.74 Å². The lowest BCUT2D eigenvalue weighted by molar-refractivity contribution is -0.0247. The second kappa shape index (κ2) is 6.88. The van der Waals surface area contributed by atoms with Crippen LogP contribution in [0.15, 0.2) is 0 Å². The van der Waals surface area contributed by atoms with Gasteiger partial charge in [-0.15, -0.1) is 0 Å². The molecule has 0 aromatic heterocycles. The molecule has 1 N–H and O–H groups in total. The van der Waals surface area contributed by atoms with Crippen LogP contribution in [0.2, 0.25) is 0 Å². The van der Waals surface area contributed by atoms with Crippen LogP contribution < -0.4 is 5.32 Å². The van der Waals surface area contributed by atoms with Gasteiger partial charge in [-0.2, -0.15) is 0 Å². The lowest BCUT2D eigenvalue weighted by Crippen LogP contribution is -2.42. The van der Waals surface area contributed by atoms with E-state index in [2.05, 4.69) is 31.0 Å². The van der Waals surface area contributed by atoms with Crippen molar-refractivity contribution in [3.05, 3.63) is 0 Å². The monoisotopic (exact) mass is 254 g/mol. The highest BCUT2D eigenvalue weighted by Gasteiger charge is 2.26. The maximum atomic E-state index is 5.83. The number of hydrogen-bond acceptors (Lipinski definition) is 3. The lowest BCUT2D eigenvalue weighted by atomic mass is 9.95. The molecule has 2 aliphatic rings. The fourth-order valence-electron chi connectivity index (χ4n) is 3.18.